The fraction of sp³-hybridized carbons (Fsp3) is 0.769. The van der Waals surface area contributed by atoms with E-state index in [0.717, 1.165) is 12.0 Å². The lowest BCUT2D eigenvalue weighted by Crippen LogP contribution is -2.63. The number of esters is 1. The number of carbonyl (C=O) groups excluding carboxylic acids is 4. The van der Waals surface area contributed by atoms with Gasteiger partial charge in [0.15, 0.2) is 17.7 Å². The molecule has 3 saturated heterocycles. The van der Waals surface area contributed by atoms with Crippen LogP contribution in [-0.2, 0) is 44.5 Å². The Labute approximate surface area is 320 Å². The normalized spacial score (nSPS) is 38.6. The van der Waals surface area contributed by atoms with Crippen molar-refractivity contribution in [2.24, 2.45) is 17.8 Å². The molecular formula is C39H63N5O10. The molecule has 54 heavy (non-hydrogen) atoms. The van der Waals surface area contributed by atoms with Crippen molar-refractivity contribution in [1.29, 1.82) is 0 Å². The van der Waals surface area contributed by atoms with E-state index in [4.69, 9.17) is 23.7 Å². The fourth-order valence-corrected chi connectivity index (χ4v) is 8.41. The number of methoxy groups -OCH3 is 1. The number of ether oxygens (including phenoxy) is 5. The maximum atomic E-state index is 14.3. The topological polar surface area (TPSA) is 178 Å². The minimum atomic E-state index is -1.41. The zero-order valence-corrected chi connectivity index (χ0v) is 33.9. The van der Waals surface area contributed by atoms with Gasteiger partial charge in [0.2, 0.25) is 5.91 Å². The van der Waals surface area contributed by atoms with E-state index in [2.05, 4.69) is 15.7 Å². The van der Waals surface area contributed by atoms with Gasteiger partial charge in [-0.05, 0) is 98.5 Å². The number of nitrogens with zero attached hydrogens (tertiary/aromatic N) is 3. The molecule has 3 fully saturated rings. The number of likely N-dealkylation sites (N-methyl/N-ethyl adjacent to an activating group) is 1. The van der Waals surface area contributed by atoms with Crippen LogP contribution in [0, 0.1) is 17.8 Å². The summed E-state index contributed by atoms with van der Waals surface area (Å²) in [5, 5.41) is 15.9. The van der Waals surface area contributed by atoms with Crippen molar-refractivity contribution in [1.82, 2.24) is 25.6 Å². The molecule has 3 aliphatic rings. The summed E-state index contributed by atoms with van der Waals surface area (Å²) >= 11 is 0. The average molecular weight is 762 g/mol. The molecule has 2 amide bonds. The van der Waals surface area contributed by atoms with Gasteiger partial charge in [-0.2, -0.15) is 0 Å². The molecule has 4 heterocycles. The highest BCUT2D eigenvalue weighted by molar-refractivity contribution is 6.00. The lowest BCUT2D eigenvalue weighted by atomic mass is 9.78. The summed E-state index contributed by atoms with van der Waals surface area (Å²) in [6.45, 7) is 14.2. The van der Waals surface area contributed by atoms with Crippen LogP contribution in [0.3, 0.4) is 0 Å². The van der Waals surface area contributed by atoms with Crippen LogP contribution < -0.4 is 10.7 Å². The minimum Gasteiger partial charge on any atom is -0.457 e. The van der Waals surface area contributed by atoms with Crippen LogP contribution in [0.4, 0.5) is 4.79 Å². The molecule has 1 unspecified atom stereocenters. The molecule has 1 aromatic heterocycles. The maximum Gasteiger partial charge on any atom is 0.425 e. The number of cyclic esters (lactones) is 1. The maximum absolute atomic E-state index is 14.3. The summed E-state index contributed by atoms with van der Waals surface area (Å²) in [5.41, 5.74) is 1.63. The Morgan fingerprint density at radius 1 is 1.09 bits per heavy atom. The van der Waals surface area contributed by atoms with Gasteiger partial charge in [0.05, 0.1) is 23.9 Å². The summed E-state index contributed by atoms with van der Waals surface area (Å²) in [7, 11) is 5.21. The van der Waals surface area contributed by atoms with E-state index < -0.39 is 83.5 Å². The van der Waals surface area contributed by atoms with Gasteiger partial charge in [-0.3, -0.25) is 19.4 Å². The van der Waals surface area contributed by atoms with Gasteiger partial charge in [0.1, 0.15) is 24.2 Å². The lowest BCUT2D eigenvalue weighted by Gasteiger charge is -2.46. The largest absolute Gasteiger partial charge is 0.457 e. The average Bonchev–Trinajstić information content (AvgIpc) is 3.40. The predicted octanol–water partition coefficient (Wildman–Crippen LogP) is 3.02. The van der Waals surface area contributed by atoms with E-state index >= 15 is 0 Å². The lowest BCUT2D eigenvalue weighted by molar-refractivity contribution is -0.295. The predicted molar refractivity (Wildman–Crippen MR) is 199 cm³/mol. The molecule has 0 spiro atoms. The highest BCUT2D eigenvalue weighted by Crippen LogP contribution is 2.39. The molecule has 15 nitrogen and oxygen atoms in total. The molecular weight excluding hydrogens is 698 g/mol. The van der Waals surface area contributed by atoms with E-state index in [1.165, 1.54) is 19.0 Å². The number of hydrazine groups is 1. The first-order valence-corrected chi connectivity index (χ1v) is 19.3. The van der Waals surface area contributed by atoms with E-state index in [1.807, 2.05) is 38.1 Å². The minimum absolute atomic E-state index is 0.102. The molecule has 1 aromatic rings. The molecule has 0 saturated carbocycles. The second-order valence-electron chi connectivity index (χ2n) is 16.0. The van der Waals surface area contributed by atoms with Crippen LogP contribution in [0.5, 0.6) is 0 Å². The van der Waals surface area contributed by atoms with Crippen molar-refractivity contribution >= 4 is 23.8 Å². The SMILES string of the molecule is CC[C@H]1OC(=O)[C@H](C)C(=O)[C@H](C)[C@H](O[C@@H]2O[C@H](C)C[C@H](N(C)C)[C@H]2O)[C@@](C)(OC)C[C@@H](C)C(=O)NC(C)[C@H]2N(NCCCc3ccncc3)C(=O)O[C@]12C. The van der Waals surface area contributed by atoms with Crippen molar-refractivity contribution in [3.63, 3.8) is 0 Å². The number of fused-ring (bicyclic) bond motifs is 1. The Morgan fingerprint density at radius 3 is 2.37 bits per heavy atom. The summed E-state index contributed by atoms with van der Waals surface area (Å²) < 4.78 is 30.9. The Hall–Kier alpha value is -3.21. The van der Waals surface area contributed by atoms with Gasteiger partial charge in [-0.1, -0.05) is 20.8 Å². The molecule has 3 N–H and O–H groups in total. The first-order chi connectivity index (χ1) is 25.4. The van der Waals surface area contributed by atoms with Gasteiger partial charge in [-0.25, -0.2) is 15.2 Å². The highest BCUT2D eigenvalue weighted by Gasteiger charge is 2.59. The van der Waals surface area contributed by atoms with Crippen LogP contribution in [-0.4, -0.2) is 132 Å². The number of aliphatic hydroxyl groups is 1. The third-order valence-electron chi connectivity index (χ3n) is 11.6. The van der Waals surface area contributed by atoms with Crippen LogP contribution >= 0.6 is 0 Å². The third-order valence-corrected chi connectivity index (χ3v) is 11.6. The van der Waals surface area contributed by atoms with Crippen LogP contribution in [0.1, 0.15) is 86.6 Å². The number of amides is 2. The Morgan fingerprint density at radius 2 is 1.76 bits per heavy atom. The monoisotopic (exact) mass is 761 g/mol. The number of pyridine rings is 1. The number of nitrogens with one attached hydrogen (secondary N) is 2. The molecule has 304 valence electrons. The summed E-state index contributed by atoms with van der Waals surface area (Å²) in [6, 6.07) is 2.09. The summed E-state index contributed by atoms with van der Waals surface area (Å²) in [6.07, 6.45) is 0.695. The van der Waals surface area contributed by atoms with Crippen molar-refractivity contribution in [3.05, 3.63) is 30.1 Å². The van der Waals surface area contributed by atoms with Gasteiger partial charge in [-0.15, -0.1) is 0 Å². The number of hydrogen-bond acceptors (Lipinski definition) is 13. The van der Waals surface area contributed by atoms with Crippen LogP contribution in [0.2, 0.25) is 0 Å². The van der Waals surface area contributed by atoms with Crippen LogP contribution in [0.25, 0.3) is 0 Å². The number of aromatic nitrogens is 1. The van der Waals surface area contributed by atoms with Crippen molar-refractivity contribution in [2.45, 2.75) is 148 Å². The van der Waals surface area contributed by atoms with Gasteiger partial charge < -0.3 is 39.0 Å². The number of carbonyl (C=O) groups is 4. The summed E-state index contributed by atoms with van der Waals surface area (Å²) in [5.74, 6) is -4.48. The van der Waals surface area contributed by atoms with Gasteiger partial charge in [0.25, 0.3) is 0 Å². The van der Waals surface area contributed by atoms with E-state index in [9.17, 15) is 24.3 Å². The number of rotatable bonds is 10. The Kier molecular flexibility index (Phi) is 14.6. The quantitative estimate of drug-likeness (QED) is 0.180. The van der Waals surface area contributed by atoms with Crippen molar-refractivity contribution < 1.29 is 48.0 Å². The Balaban J connectivity index is 1.69. The van der Waals surface area contributed by atoms with E-state index in [0.29, 0.717) is 19.4 Å². The van der Waals surface area contributed by atoms with Crippen molar-refractivity contribution in [3.8, 4) is 0 Å². The van der Waals surface area contributed by atoms with Gasteiger partial charge in [0, 0.05) is 43.9 Å². The molecule has 13 atom stereocenters. The molecule has 15 heteroatoms. The zero-order valence-electron chi connectivity index (χ0n) is 33.9. The molecule has 0 radical (unpaired) electrons. The molecule has 3 aliphatic heterocycles. The molecule has 0 bridgehead atoms. The first kappa shape index (κ1) is 43.5. The number of aryl methyl sites for hydroxylation is 1. The second-order valence-corrected chi connectivity index (χ2v) is 16.0. The first-order valence-electron chi connectivity index (χ1n) is 19.3. The number of ketones is 1. The van der Waals surface area contributed by atoms with E-state index in [1.54, 1.807) is 53.9 Å². The standard InChI is InChI=1S/C39H63N5O10/c1-12-29-39(8)32(44(37(49)54-39)41-17-13-14-27-15-18-40-19-16-27)26(6)42-34(47)22(2)21-38(7,50-11)33(24(4)30(45)25(5)35(48)52-29)53-36-31(46)28(43(9)10)20-23(3)51-36/h15-16,18-19,22-26,28-29,31-33,36,41,46H,12-14,17,20-21H2,1-11H3,(H,42,47)/t22-,23-,24+,25-,26?,28+,29-,31-,32-,33+,36+,38+,39-/m1/s1. The number of aliphatic hydroxyl groups excluding tert-OH is 1. The Bertz CT molecular complexity index is 1450. The van der Waals surface area contributed by atoms with Crippen molar-refractivity contribution in [2.75, 3.05) is 27.7 Å². The van der Waals surface area contributed by atoms with E-state index in [-0.39, 0.29) is 30.9 Å². The third kappa shape index (κ3) is 9.42. The highest BCUT2D eigenvalue weighted by atomic mass is 16.7. The second kappa shape index (κ2) is 18.2. The molecule has 4 rings (SSSR count). The molecule has 0 aliphatic carbocycles. The number of hydrogen-bond donors (Lipinski definition) is 3. The van der Waals surface area contributed by atoms with Gasteiger partial charge >= 0.3 is 12.1 Å². The fourth-order valence-electron chi connectivity index (χ4n) is 8.41. The van der Waals surface area contributed by atoms with Crippen LogP contribution in [0.15, 0.2) is 24.5 Å². The smallest absolute Gasteiger partial charge is 0.425 e. The molecule has 0 aromatic carbocycles. The number of Topliss-reactive ketones (excluding diaryl/α,β-unsaturated/α-hetero) is 1. The summed E-state index contributed by atoms with van der Waals surface area (Å²) in [4.78, 5) is 61.8. The zero-order chi connectivity index (χ0) is 40.1.